The van der Waals surface area contributed by atoms with Crippen LogP contribution in [0.5, 0.6) is 0 Å². The van der Waals surface area contributed by atoms with Gasteiger partial charge in [-0.15, -0.1) is 0 Å². The van der Waals surface area contributed by atoms with Gasteiger partial charge in [0.05, 0.1) is 5.02 Å². The third kappa shape index (κ3) is 1.79. The van der Waals surface area contributed by atoms with Gasteiger partial charge in [-0.3, -0.25) is 4.79 Å². The van der Waals surface area contributed by atoms with Gasteiger partial charge in [-0.25, -0.2) is 0 Å². The number of carbonyl (C=O) groups excluding carboxylic acids is 1. The predicted octanol–water partition coefficient (Wildman–Crippen LogP) is 3.83. The fourth-order valence-corrected chi connectivity index (χ4v) is 2.08. The molecule has 14 heavy (non-hydrogen) atoms. The highest BCUT2D eigenvalue weighted by molar-refractivity contribution is 6.37. The summed E-state index contributed by atoms with van der Waals surface area (Å²) in [4.78, 5) is 11.8. The molecular formula is C11H10Cl2O. The van der Waals surface area contributed by atoms with Crippen LogP contribution >= 0.6 is 23.2 Å². The minimum absolute atomic E-state index is 0.152. The largest absolute Gasteiger partial charge is 0.294 e. The first-order valence-corrected chi connectivity index (χ1v) is 5.34. The third-order valence-electron chi connectivity index (χ3n) is 2.64. The summed E-state index contributed by atoms with van der Waals surface area (Å²) in [6, 6.07) is 5.02. The molecule has 0 saturated heterocycles. The van der Waals surface area contributed by atoms with E-state index < -0.39 is 0 Å². The van der Waals surface area contributed by atoms with Crippen molar-refractivity contribution in [2.75, 3.05) is 0 Å². The van der Waals surface area contributed by atoms with Crippen LogP contribution < -0.4 is 0 Å². The van der Waals surface area contributed by atoms with Crippen LogP contribution in [-0.4, -0.2) is 5.78 Å². The van der Waals surface area contributed by atoms with E-state index in [2.05, 4.69) is 6.92 Å². The molecule has 2 unspecified atom stereocenters. The van der Waals surface area contributed by atoms with E-state index in [0.29, 0.717) is 21.5 Å². The topological polar surface area (TPSA) is 17.1 Å². The lowest BCUT2D eigenvalue weighted by Crippen LogP contribution is -2.03. The molecule has 1 aromatic rings. The quantitative estimate of drug-likeness (QED) is 0.704. The van der Waals surface area contributed by atoms with Gasteiger partial charge in [0.1, 0.15) is 0 Å². The van der Waals surface area contributed by atoms with Crippen LogP contribution in [0, 0.1) is 11.8 Å². The minimum atomic E-state index is 0.152. The van der Waals surface area contributed by atoms with Crippen molar-refractivity contribution >= 4 is 29.0 Å². The van der Waals surface area contributed by atoms with Gasteiger partial charge in [-0.05, 0) is 30.5 Å². The summed E-state index contributed by atoms with van der Waals surface area (Å²) in [5.41, 5.74) is 0.602. The predicted molar refractivity (Wildman–Crippen MR) is 58.1 cm³/mol. The molecule has 2 rings (SSSR count). The van der Waals surface area contributed by atoms with Gasteiger partial charge in [0.2, 0.25) is 0 Å². The minimum Gasteiger partial charge on any atom is -0.294 e. The standard InChI is InChI=1S/C11H10Cl2O/c1-6-4-9(6)11(14)8-3-2-7(12)5-10(8)13/h2-3,5-6,9H,4H2,1H3. The molecule has 0 heterocycles. The van der Waals surface area contributed by atoms with E-state index in [-0.39, 0.29) is 11.7 Å². The highest BCUT2D eigenvalue weighted by Gasteiger charge is 2.39. The van der Waals surface area contributed by atoms with Gasteiger partial charge in [0.15, 0.2) is 5.78 Å². The molecule has 1 fully saturated rings. The maximum Gasteiger partial charge on any atom is 0.167 e. The SMILES string of the molecule is CC1CC1C(=O)c1ccc(Cl)cc1Cl. The number of halogens is 2. The van der Waals surface area contributed by atoms with Crippen molar-refractivity contribution in [2.24, 2.45) is 11.8 Å². The van der Waals surface area contributed by atoms with Crippen molar-refractivity contribution in [3.05, 3.63) is 33.8 Å². The molecular weight excluding hydrogens is 219 g/mol. The molecule has 1 saturated carbocycles. The molecule has 1 aliphatic carbocycles. The van der Waals surface area contributed by atoms with Crippen LogP contribution in [0.3, 0.4) is 0 Å². The van der Waals surface area contributed by atoms with E-state index in [4.69, 9.17) is 23.2 Å². The van der Waals surface area contributed by atoms with E-state index >= 15 is 0 Å². The fraction of sp³-hybridized carbons (Fsp3) is 0.364. The van der Waals surface area contributed by atoms with Gasteiger partial charge in [0, 0.05) is 16.5 Å². The number of benzene rings is 1. The molecule has 0 amide bonds. The van der Waals surface area contributed by atoms with E-state index in [1.54, 1.807) is 18.2 Å². The number of rotatable bonds is 2. The maximum atomic E-state index is 11.8. The van der Waals surface area contributed by atoms with E-state index in [0.717, 1.165) is 6.42 Å². The second-order valence-corrected chi connectivity index (χ2v) is 4.65. The molecule has 0 radical (unpaired) electrons. The highest BCUT2D eigenvalue weighted by Crippen LogP contribution is 2.41. The van der Waals surface area contributed by atoms with E-state index in [1.807, 2.05) is 0 Å². The molecule has 0 spiro atoms. The van der Waals surface area contributed by atoms with Crippen molar-refractivity contribution in [1.82, 2.24) is 0 Å². The summed E-state index contributed by atoms with van der Waals surface area (Å²) in [6.07, 6.45) is 0.984. The molecule has 0 aliphatic heterocycles. The Labute approximate surface area is 93.0 Å². The summed E-state index contributed by atoms with van der Waals surface area (Å²) in [5, 5.41) is 1.02. The van der Waals surface area contributed by atoms with Crippen LogP contribution in [0.4, 0.5) is 0 Å². The highest BCUT2D eigenvalue weighted by atomic mass is 35.5. The number of carbonyl (C=O) groups is 1. The maximum absolute atomic E-state index is 11.8. The molecule has 2 atom stereocenters. The normalized spacial score (nSPS) is 24.8. The second-order valence-electron chi connectivity index (χ2n) is 3.81. The summed E-state index contributed by atoms with van der Waals surface area (Å²) in [7, 11) is 0. The van der Waals surface area contributed by atoms with Gasteiger partial charge in [-0.2, -0.15) is 0 Å². The Morgan fingerprint density at radius 2 is 2.07 bits per heavy atom. The number of ketones is 1. The second kappa shape index (κ2) is 3.56. The van der Waals surface area contributed by atoms with Crippen molar-refractivity contribution in [3.8, 4) is 0 Å². The smallest absolute Gasteiger partial charge is 0.167 e. The molecule has 3 heteroatoms. The van der Waals surface area contributed by atoms with Crippen molar-refractivity contribution in [3.63, 3.8) is 0 Å². The Bertz CT molecular complexity index is 387. The fourth-order valence-electron chi connectivity index (χ4n) is 1.58. The molecule has 1 aromatic carbocycles. The zero-order valence-corrected chi connectivity index (χ0v) is 9.27. The number of Topliss-reactive ketones (excluding diaryl/α,β-unsaturated/α-hetero) is 1. The van der Waals surface area contributed by atoms with E-state index in [9.17, 15) is 4.79 Å². The van der Waals surface area contributed by atoms with Gasteiger partial charge < -0.3 is 0 Å². The Morgan fingerprint density at radius 1 is 1.43 bits per heavy atom. The molecule has 1 aliphatic rings. The molecule has 74 valence electrons. The Balaban J connectivity index is 2.28. The molecule has 0 aromatic heterocycles. The molecule has 0 bridgehead atoms. The Morgan fingerprint density at radius 3 is 2.57 bits per heavy atom. The van der Waals surface area contributed by atoms with Crippen molar-refractivity contribution in [2.45, 2.75) is 13.3 Å². The molecule has 0 N–H and O–H groups in total. The Kier molecular flexibility index (Phi) is 2.54. The zero-order chi connectivity index (χ0) is 10.3. The van der Waals surface area contributed by atoms with Crippen LogP contribution in [0.1, 0.15) is 23.7 Å². The molecule has 1 nitrogen and oxygen atoms in total. The summed E-state index contributed by atoms with van der Waals surface area (Å²) in [5.74, 6) is 0.835. The number of hydrogen-bond acceptors (Lipinski definition) is 1. The van der Waals surface area contributed by atoms with Crippen LogP contribution in [-0.2, 0) is 0 Å². The summed E-state index contributed by atoms with van der Waals surface area (Å²) >= 11 is 11.7. The lowest BCUT2D eigenvalue weighted by Gasteiger charge is -2.02. The average molecular weight is 229 g/mol. The average Bonchev–Trinajstić information content (AvgIpc) is 2.81. The number of hydrogen-bond donors (Lipinski definition) is 0. The van der Waals surface area contributed by atoms with Crippen molar-refractivity contribution in [1.29, 1.82) is 0 Å². The first kappa shape index (κ1) is 10.0. The van der Waals surface area contributed by atoms with Gasteiger partial charge in [0.25, 0.3) is 0 Å². The Hall–Kier alpha value is -0.530. The third-order valence-corrected chi connectivity index (χ3v) is 3.19. The van der Waals surface area contributed by atoms with Crippen molar-refractivity contribution < 1.29 is 4.79 Å². The van der Waals surface area contributed by atoms with E-state index in [1.165, 1.54) is 0 Å². The lowest BCUT2D eigenvalue weighted by molar-refractivity contribution is 0.0962. The van der Waals surface area contributed by atoms with Crippen LogP contribution in [0.2, 0.25) is 10.0 Å². The first-order chi connectivity index (χ1) is 6.59. The first-order valence-electron chi connectivity index (χ1n) is 4.59. The monoisotopic (exact) mass is 228 g/mol. The van der Waals surface area contributed by atoms with Gasteiger partial charge >= 0.3 is 0 Å². The summed E-state index contributed by atoms with van der Waals surface area (Å²) in [6.45, 7) is 2.08. The van der Waals surface area contributed by atoms with Gasteiger partial charge in [-0.1, -0.05) is 30.1 Å². The van der Waals surface area contributed by atoms with Crippen LogP contribution in [0.15, 0.2) is 18.2 Å². The zero-order valence-electron chi connectivity index (χ0n) is 7.76. The lowest BCUT2D eigenvalue weighted by atomic mass is 10.1. The summed E-state index contributed by atoms with van der Waals surface area (Å²) < 4.78 is 0. The van der Waals surface area contributed by atoms with Crippen LogP contribution in [0.25, 0.3) is 0 Å².